The first-order chi connectivity index (χ1) is 7.61. The molecule has 0 aromatic heterocycles. The summed E-state index contributed by atoms with van der Waals surface area (Å²) in [6, 6.07) is 0.741. The summed E-state index contributed by atoms with van der Waals surface area (Å²) >= 11 is 1.92. The summed E-state index contributed by atoms with van der Waals surface area (Å²) in [5.74, 6) is 0.742. The summed E-state index contributed by atoms with van der Waals surface area (Å²) in [6.07, 6.45) is 7.78. The van der Waals surface area contributed by atoms with E-state index in [4.69, 9.17) is 0 Å². The maximum atomic E-state index is 11.5. The third-order valence-corrected chi connectivity index (χ3v) is 6.66. The highest BCUT2D eigenvalue weighted by atomic mass is 32.2. The first kappa shape index (κ1) is 12.7. The van der Waals surface area contributed by atoms with Crippen molar-refractivity contribution in [1.29, 1.82) is 0 Å². The summed E-state index contributed by atoms with van der Waals surface area (Å²) in [7, 11) is -2.77. The van der Waals surface area contributed by atoms with Crippen LogP contribution < -0.4 is 5.32 Å². The lowest BCUT2D eigenvalue weighted by molar-refractivity contribution is 0.422. The molecule has 0 aromatic rings. The quantitative estimate of drug-likeness (QED) is 0.837. The highest BCUT2D eigenvalue weighted by Crippen LogP contribution is 2.29. The van der Waals surface area contributed by atoms with Crippen LogP contribution in [0.15, 0.2) is 0 Å². The summed E-state index contributed by atoms with van der Waals surface area (Å²) in [5, 5.41) is 4.26. The van der Waals surface area contributed by atoms with Gasteiger partial charge in [-0.15, -0.1) is 0 Å². The number of hydrogen-bond acceptors (Lipinski definition) is 4. The Bertz CT molecular complexity index is 329. The van der Waals surface area contributed by atoms with E-state index in [0.717, 1.165) is 12.8 Å². The Morgan fingerprint density at radius 3 is 2.69 bits per heavy atom. The summed E-state index contributed by atoms with van der Waals surface area (Å²) < 4.78 is 23.1. The molecular formula is C11H21NO2S2. The van der Waals surface area contributed by atoms with Crippen molar-refractivity contribution in [3.63, 3.8) is 0 Å². The molecule has 5 heteroatoms. The van der Waals surface area contributed by atoms with Gasteiger partial charge in [-0.05, 0) is 31.9 Å². The van der Waals surface area contributed by atoms with Crippen LogP contribution in [0.2, 0.25) is 0 Å². The fourth-order valence-corrected chi connectivity index (χ4v) is 5.45. The highest BCUT2D eigenvalue weighted by molar-refractivity contribution is 7.99. The zero-order valence-electron chi connectivity index (χ0n) is 9.81. The lowest BCUT2D eigenvalue weighted by Crippen LogP contribution is -2.47. The molecule has 3 nitrogen and oxygen atoms in total. The lowest BCUT2D eigenvalue weighted by atomic mass is 10.1. The second-order valence-electron chi connectivity index (χ2n) is 4.93. The van der Waals surface area contributed by atoms with Crippen LogP contribution in [0.1, 0.15) is 32.1 Å². The van der Waals surface area contributed by atoms with Gasteiger partial charge in [-0.2, -0.15) is 11.8 Å². The molecule has 94 valence electrons. The van der Waals surface area contributed by atoms with Crippen molar-refractivity contribution in [2.75, 3.05) is 17.8 Å². The molecular weight excluding hydrogens is 242 g/mol. The standard InChI is InChI=1S/C11H21NO2S2/c1-15-11-6-2-5-10(11)12-9-4-3-7-16(13,14)8-9/h9-12H,2-8H2,1H3. The van der Waals surface area contributed by atoms with Gasteiger partial charge in [-0.25, -0.2) is 8.42 Å². The smallest absolute Gasteiger partial charge is 0.151 e. The Morgan fingerprint density at radius 1 is 1.19 bits per heavy atom. The van der Waals surface area contributed by atoms with E-state index >= 15 is 0 Å². The SMILES string of the molecule is CSC1CCCC1NC1CCCS(=O)(=O)C1. The van der Waals surface area contributed by atoms with Gasteiger partial charge in [0.05, 0.1) is 11.5 Å². The number of hydrogen-bond donors (Lipinski definition) is 1. The van der Waals surface area contributed by atoms with E-state index in [1.54, 1.807) is 0 Å². The number of thioether (sulfide) groups is 1. The third-order valence-electron chi connectivity index (χ3n) is 3.67. The maximum absolute atomic E-state index is 11.5. The van der Waals surface area contributed by atoms with Crippen LogP contribution in [0.5, 0.6) is 0 Å². The minimum Gasteiger partial charge on any atom is -0.309 e. The minimum atomic E-state index is -2.77. The zero-order chi connectivity index (χ0) is 11.6. The molecule has 0 spiro atoms. The van der Waals surface area contributed by atoms with Crippen LogP contribution >= 0.6 is 11.8 Å². The topological polar surface area (TPSA) is 46.2 Å². The Balaban J connectivity index is 1.89. The molecule has 1 N–H and O–H groups in total. The van der Waals surface area contributed by atoms with Crippen LogP contribution in [-0.2, 0) is 9.84 Å². The molecule has 0 bridgehead atoms. The molecule has 0 radical (unpaired) electrons. The average molecular weight is 263 g/mol. The molecule has 3 atom stereocenters. The molecule has 2 aliphatic rings. The number of nitrogens with one attached hydrogen (secondary N) is 1. The van der Waals surface area contributed by atoms with Crippen molar-refractivity contribution in [2.24, 2.45) is 0 Å². The van der Waals surface area contributed by atoms with Crippen LogP contribution in [0.25, 0.3) is 0 Å². The second-order valence-corrected chi connectivity index (χ2v) is 8.24. The molecule has 1 heterocycles. The van der Waals surface area contributed by atoms with Gasteiger partial charge in [-0.1, -0.05) is 6.42 Å². The third kappa shape index (κ3) is 3.14. The van der Waals surface area contributed by atoms with E-state index in [1.807, 2.05) is 11.8 Å². The molecule has 2 rings (SSSR count). The molecule has 1 saturated carbocycles. The minimum absolute atomic E-state index is 0.205. The van der Waals surface area contributed by atoms with Gasteiger partial charge in [-0.3, -0.25) is 0 Å². The Hall–Kier alpha value is 0.260. The van der Waals surface area contributed by atoms with Crippen LogP contribution in [0, 0.1) is 0 Å². The van der Waals surface area contributed by atoms with E-state index in [-0.39, 0.29) is 6.04 Å². The Morgan fingerprint density at radius 2 is 2.00 bits per heavy atom. The van der Waals surface area contributed by atoms with Crippen molar-refractivity contribution in [3.05, 3.63) is 0 Å². The van der Waals surface area contributed by atoms with Gasteiger partial charge < -0.3 is 5.32 Å². The first-order valence-electron chi connectivity index (χ1n) is 6.10. The first-order valence-corrected chi connectivity index (χ1v) is 9.21. The van der Waals surface area contributed by atoms with E-state index in [2.05, 4.69) is 11.6 Å². The van der Waals surface area contributed by atoms with E-state index in [1.165, 1.54) is 19.3 Å². The molecule has 0 aromatic carbocycles. The van der Waals surface area contributed by atoms with Gasteiger partial charge in [0, 0.05) is 17.3 Å². The van der Waals surface area contributed by atoms with Crippen molar-refractivity contribution in [3.8, 4) is 0 Å². The molecule has 1 saturated heterocycles. The van der Waals surface area contributed by atoms with Gasteiger partial charge in [0.1, 0.15) is 0 Å². The lowest BCUT2D eigenvalue weighted by Gasteiger charge is -2.28. The molecule has 1 aliphatic heterocycles. The van der Waals surface area contributed by atoms with Gasteiger partial charge in [0.15, 0.2) is 9.84 Å². The molecule has 0 amide bonds. The summed E-state index contributed by atoms with van der Waals surface area (Å²) in [6.45, 7) is 0. The normalized spacial score (nSPS) is 38.7. The van der Waals surface area contributed by atoms with Crippen molar-refractivity contribution >= 4 is 21.6 Å². The number of rotatable bonds is 3. The van der Waals surface area contributed by atoms with Gasteiger partial charge in [0.2, 0.25) is 0 Å². The van der Waals surface area contributed by atoms with Crippen molar-refractivity contribution < 1.29 is 8.42 Å². The Labute approximate surface area is 103 Å². The molecule has 16 heavy (non-hydrogen) atoms. The molecule has 2 fully saturated rings. The molecule has 1 aliphatic carbocycles. The van der Waals surface area contributed by atoms with Crippen LogP contribution in [0.3, 0.4) is 0 Å². The largest absolute Gasteiger partial charge is 0.309 e. The van der Waals surface area contributed by atoms with E-state index < -0.39 is 9.84 Å². The fourth-order valence-electron chi connectivity index (χ4n) is 2.86. The van der Waals surface area contributed by atoms with E-state index in [9.17, 15) is 8.42 Å². The summed E-state index contributed by atoms with van der Waals surface area (Å²) in [4.78, 5) is 0. The van der Waals surface area contributed by atoms with Crippen LogP contribution in [0.4, 0.5) is 0 Å². The predicted molar refractivity (Wildman–Crippen MR) is 69.8 cm³/mol. The van der Waals surface area contributed by atoms with Crippen LogP contribution in [-0.4, -0.2) is 43.5 Å². The predicted octanol–water partition coefficient (Wildman–Crippen LogP) is 1.44. The average Bonchev–Trinajstić information content (AvgIpc) is 2.63. The Kier molecular flexibility index (Phi) is 4.19. The fraction of sp³-hybridized carbons (Fsp3) is 1.00. The maximum Gasteiger partial charge on any atom is 0.151 e. The van der Waals surface area contributed by atoms with Gasteiger partial charge >= 0.3 is 0 Å². The molecule has 3 unspecified atom stereocenters. The van der Waals surface area contributed by atoms with Gasteiger partial charge in [0.25, 0.3) is 0 Å². The zero-order valence-corrected chi connectivity index (χ0v) is 11.4. The monoisotopic (exact) mass is 263 g/mol. The second kappa shape index (κ2) is 5.27. The van der Waals surface area contributed by atoms with E-state index in [0.29, 0.717) is 22.8 Å². The summed E-state index contributed by atoms with van der Waals surface area (Å²) in [5.41, 5.74) is 0. The van der Waals surface area contributed by atoms with Crippen molar-refractivity contribution in [2.45, 2.75) is 49.4 Å². The number of sulfone groups is 1. The highest BCUT2D eigenvalue weighted by Gasteiger charge is 2.31. The van der Waals surface area contributed by atoms with Crippen molar-refractivity contribution in [1.82, 2.24) is 5.32 Å².